The Morgan fingerprint density at radius 2 is 2.18 bits per heavy atom. The zero-order valence-electron chi connectivity index (χ0n) is 10.9. The number of rotatable bonds is 7. The van der Waals surface area contributed by atoms with Crippen LogP contribution in [-0.4, -0.2) is 17.7 Å². The molecular formula is C13H23N3O. The van der Waals surface area contributed by atoms with E-state index in [2.05, 4.69) is 23.4 Å². The lowest BCUT2D eigenvalue weighted by Gasteiger charge is -2.26. The summed E-state index contributed by atoms with van der Waals surface area (Å²) < 4.78 is 5.75. The quantitative estimate of drug-likeness (QED) is 0.563. The molecule has 0 aliphatic heterocycles. The maximum Gasteiger partial charge on any atom is 0.0783 e. The summed E-state index contributed by atoms with van der Waals surface area (Å²) >= 11 is 0. The predicted molar refractivity (Wildman–Crippen MR) is 69.4 cm³/mol. The van der Waals surface area contributed by atoms with Gasteiger partial charge >= 0.3 is 0 Å². The average molecular weight is 237 g/mol. The molecule has 2 unspecified atom stereocenters. The summed E-state index contributed by atoms with van der Waals surface area (Å²) in [5.41, 5.74) is 4.92. The van der Waals surface area contributed by atoms with Crippen LogP contribution in [0.4, 0.5) is 0 Å². The van der Waals surface area contributed by atoms with Gasteiger partial charge in [0.15, 0.2) is 0 Å². The van der Waals surface area contributed by atoms with Gasteiger partial charge in [-0.25, -0.2) is 0 Å². The Morgan fingerprint density at radius 1 is 1.41 bits per heavy atom. The van der Waals surface area contributed by atoms with Crippen LogP contribution in [-0.2, 0) is 4.74 Å². The molecular weight excluding hydrogens is 214 g/mol. The van der Waals surface area contributed by atoms with Crippen LogP contribution in [0.25, 0.3) is 0 Å². The van der Waals surface area contributed by atoms with E-state index in [4.69, 9.17) is 10.6 Å². The molecule has 0 amide bonds. The molecule has 0 aliphatic carbocycles. The summed E-state index contributed by atoms with van der Waals surface area (Å²) in [7, 11) is 0. The van der Waals surface area contributed by atoms with Crippen LogP contribution >= 0.6 is 0 Å². The van der Waals surface area contributed by atoms with Gasteiger partial charge in [0.2, 0.25) is 0 Å². The molecule has 1 aromatic heterocycles. The Morgan fingerprint density at radius 3 is 2.65 bits per heavy atom. The molecule has 1 aromatic rings. The molecule has 0 saturated carbocycles. The van der Waals surface area contributed by atoms with Crippen LogP contribution in [0.3, 0.4) is 0 Å². The summed E-state index contributed by atoms with van der Waals surface area (Å²) in [5, 5.41) is 0. The zero-order chi connectivity index (χ0) is 12.7. The molecule has 0 aliphatic rings. The number of ether oxygens (including phenoxy) is 1. The molecule has 1 heterocycles. The van der Waals surface area contributed by atoms with E-state index in [1.807, 2.05) is 26.1 Å². The van der Waals surface area contributed by atoms with Crippen LogP contribution in [0.2, 0.25) is 0 Å². The maximum atomic E-state index is 5.75. The molecule has 0 radical (unpaired) electrons. The van der Waals surface area contributed by atoms with Gasteiger partial charge in [-0.2, -0.15) is 0 Å². The van der Waals surface area contributed by atoms with Crippen molar-refractivity contribution in [2.45, 2.75) is 45.8 Å². The van der Waals surface area contributed by atoms with Gasteiger partial charge in [-0.15, -0.1) is 0 Å². The van der Waals surface area contributed by atoms with E-state index in [0.717, 1.165) is 24.1 Å². The van der Waals surface area contributed by atoms with Gasteiger partial charge in [0.1, 0.15) is 0 Å². The van der Waals surface area contributed by atoms with Crippen molar-refractivity contribution in [2.24, 2.45) is 5.84 Å². The van der Waals surface area contributed by atoms with Gasteiger partial charge in [0.05, 0.1) is 12.1 Å². The first-order chi connectivity index (χ1) is 8.22. The van der Waals surface area contributed by atoms with Crippen LogP contribution in [0.1, 0.15) is 44.0 Å². The molecule has 17 heavy (non-hydrogen) atoms. The van der Waals surface area contributed by atoms with Crippen molar-refractivity contribution in [3.8, 4) is 0 Å². The van der Waals surface area contributed by atoms with Crippen molar-refractivity contribution in [3.05, 3.63) is 29.6 Å². The third-order valence-corrected chi connectivity index (χ3v) is 2.80. The fraction of sp³-hybridized carbons (Fsp3) is 0.615. The third kappa shape index (κ3) is 4.07. The van der Waals surface area contributed by atoms with Gasteiger partial charge in [0, 0.05) is 18.5 Å². The zero-order valence-corrected chi connectivity index (χ0v) is 10.9. The summed E-state index contributed by atoms with van der Waals surface area (Å²) in [6.07, 6.45) is 4.01. The number of nitrogens with one attached hydrogen (secondary N) is 1. The normalized spacial score (nSPS) is 14.6. The van der Waals surface area contributed by atoms with Gasteiger partial charge in [0.25, 0.3) is 0 Å². The van der Waals surface area contributed by atoms with Gasteiger partial charge in [-0.05, 0) is 31.9 Å². The number of aryl methyl sites for hydroxylation is 1. The topological polar surface area (TPSA) is 60.2 Å². The molecule has 96 valence electrons. The van der Waals surface area contributed by atoms with Crippen molar-refractivity contribution in [3.63, 3.8) is 0 Å². The molecule has 0 aromatic carbocycles. The molecule has 0 saturated heterocycles. The Hall–Kier alpha value is -0.970. The summed E-state index contributed by atoms with van der Waals surface area (Å²) in [5.74, 6) is 5.65. The minimum Gasteiger partial charge on any atom is -0.376 e. The van der Waals surface area contributed by atoms with Crippen LogP contribution in [0.5, 0.6) is 0 Å². The number of pyridine rings is 1. The summed E-state index contributed by atoms with van der Waals surface area (Å²) in [6.45, 7) is 6.82. The number of aromatic nitrogens is 1. The molecule has 4 nitrogen and oxygen atoms in total. The number of nitrogens with two attached hydrogens (primary N) is 1. The second-order valence-electron chi connectivity index (χ2n) is 4.16. The number of hydrogen-bond donors (Lipinski definition) is 2. The second-order valence-corrected chi connectivity index (χ2v) is 4.16. The average Bonchev–Trinajstić information content (AvgIpc) is 2.33. The maximum absolute atomic E-state index is 5.75. The van der Waals surface area contributed by atoms with Crippen molar-refractivity contribution < 1.29 is 4.74 Å². The van der Waals surface area contributed by atoms with E-state index in [-0.39, 0.29) is 12.1 Å². The van der Waals surface area contributed by atoms with E-state index in [9.17, 15) is 0 Å². The van der Waals surface area contributed by atoms with Gasteiger partial charge in [-0.3, -0.25) is 16.3 Å². The minimum atomic E-state index is 0.00278. The van der Waals surface area contributed by atoms with Crippen molar-refractivity contribution in [1.29, 1.82) is 0 Å². The van der Waals surface area contributed by atoms with Crippen molar-refractivity contribution in [2.75, 3.05) is 6.61 Å². The highest BCUT2D eigenvalue weighted by molar-refractivity contribution is 5.18. The van der Waals surface area contributed by atoms with E-state index in [0.29, 0.717) is 6.61 Å². The first kappa shape index (κ1) is 14.1. The molecule has 1 rings (SSSR count). The van der Waals surface area contributed by atoms with Gasteiger partial charge < -0.3 is 4.74 Å². The van der Waals surface area contributed by atoms with E-state index >= 15 is 0 Å². The Balaban J connectivity index is 2.83. The summed E-state index contributed by atoms with van der Waals surface area (Å²) in [6, 6.07) is 4.05. The Labute approximate surface area is 104 Å². The molecule has 0 bridgehead atoms. The summed E-state index contributed by atoms with van der Waals surface area (Å²) in [4.78, 5) is 4.30. The third-order valence-electron chi connectivity index (χ3n) is 2.80. The lowest BCUT2D eigenvalue weighted by Crippen LogP contribution is -2.38. The molecule has 3 N–H and O–H groups in total. The fourth-order valence-electron chi connectivity index (χ4n) is 1.93. The highest BCUT2D eigenvalue weighted by atomic mass is 16.5. The van der Waals surface area contributed by atoms with E-state index < -0.39 is 0 Å². The molecule has 0 spiro atoms. The highest BCUT2D eigenvalue weighted by Gasteiger charge is 2.21. The highest BCUT2D eigenvalue weighted by Crippen LogP contribution is 2.21. The lowest BCUT2D eigenvalue weighted by atomic mass is 10.00. The first-order valence-electron chi connectivity index (χ1n) is 6.23. The Kier molecular flexibility index (Phi) is 6.11. The van der Waals surface area contributed by atoms with Crippen LogP contribution in [0, 0.1) is 6.92 Å². The fourth-order valence-corrected chi connectivity index (χ4v) is 1.93. The number of nitrogens with zero attached hydrogens (tertiary/aromatic N) is 1. The van der Waals surface area contributed by atoms with E-state index in [1.165, 1.54) is 0 Å². The monoisotopic (exact) mass is 237 g/mol. The molecule has 2 atom stereocenters. The predicted octanol–water partition coefficient (Wildman–Crippen LogP) is 2.10. The molecule has 4 heteroatoms. The second kappa shape index (κ2) is 7.37. The molecule has 0 fully saturated rings. The standard InChI is InChI=1S/C13H23N3O/c1-4-6-12(17-5-2)13(16-14)11-8-7-10(3)15-9-11/h7-9,12-13,16H,4-6,14H2,1-3H3. The first-order valence-corrected chi connectivity index (χ1v) is 6.23. The van der Waals surface area contributed by atoms with Gasteiger partial charge in [-0.1, -0.05) is 19.4 Å². The number of hydrazine groups is 1. The van der Waals surface area contributed by atoms with Crippen LogP contribution in [0.15, 0.2) is 18.3 Å². The Bertz CT molecular complexity index is 307. The number of hydrogen-bond acceptors (Lipinski definition) is 4. The lowest BCUT2D eigenvalue weighted by molar-refractivity contribution is 0.0275. The largest absolute Gasteiger partial charge is 0.376 e. The smallest absolute Gasteiger partial charge is 0.0783 e. The SMILES string of the molecule is CCCC(OCC)C(NN)c1ccc(C)nc1. The minimum absolute atomic E-state index is 0.00278. The van der Waals surface area contributed by atoms with Crippen molar-refractivity contribution in [1.82, 2.24) is 10.4 Å². The van der Waals surface area contributed by atoms with Crippen molar-refractivity contribution >= 4 is 0 Å². The van der Waals surface area contributed by atoms with Crippen LogP contribution < -0.4 is 11.3 Å². The van der Waals surface area contributed by atoms with E-state index in [1.54, 1.807) is 0 Å².